The molecule has 0 spiro atoms. The largest absolute Gasteiger partial charge is 0.220 e. The van der Waals surface area contributed by atoms with E-state index in [9.17, 15) is 4.48 Å². The van der Waals surface area contributed by atoms with Crippen molar-refractivity contribution in [1.82, 2.24) is 5.12 Å². The number of nitrogens with zero attached hydrogens (tertiary/aromatic N) is 1. The normalized spacial score (nSPS) is 12.3. The maximum absolute atomic E-state index is 12.4. The Kier molecular flexibility index (Phi) is 5.03. The van der Waals surface area contributed by atoms with Gasteiger partial charge in [-0.25, -0.2) is 5.12 Å². The molecule has 0 saturated carbocycles. The molecule has 0 aromatic heterocycles. The predicted octanol–water partition coefficient (Wildman–Crippen LogP) is 2.62. The first-order valence-electron chi connectivity index (χ1n) is 3.34. The van der Waals surface area contributed by atoms with Crippen LogP contribution in [0.25, 0.3) is 0 Å². The van der Waals surface area contributed by atoms with Crippen molar-refractivity contribution < 1.29 is 4.48 Å². The van der Waals surface area contributed by atoms with Gasteiger partial charge < -0.3 is 0 Å². The summed E-state index contributed by atoms with van der Waals surface area (Å²) < 4.78 is 12.4. The van der Waals surface area contributed by atoms with E-state index in [1.807, 2.05) is 6.26 Å². The van der Waals surface area contributed by atoms with Gasteiger partial charge in [-0.15, -0.1) is 11.1 Å². The standard InChI is InChI=1S/C8H14FNS/c1-5-8(11-4)6-7(2)10(3)9/h5,8H,1-2,6H2,3-4H3. The minimum Gasteiger partial charge on any atom is -0.220 e. The molecule has 0 heterocycles. The molecule has 0 aliphatic rings. The molecule has 0 aromatic rings. The molecule has 0 radical (unpaired) electrons. The summed E-state index contributed by atoms with van der Waals surface area (Å²) in [6.45, 7) is 7.22. The van der Waals surface area contributed by atoms with Crippen LogP contribution in [-0.4, -0.2) is 23.7 Å². The Bertz CT molecular complexity index is 145. The van der Waals surface area contributed by atoms with Gasteiger partial charge in [0.15, 0.2) is 0 Å². The Labute approximate surface area is 71.9 Å². The third-order valence-electron chi connectivity index (χ3n) is 1.44. The van der Waals surface area contributed by atoms with E-state index in [0.29, 0.717) is 17.2 Å². The number of hydrogen-bond acceptors (Lipinski definition) is 2. The van der Waals surface area contributed by atoms with E-state index in [0.717, 1.165) is 0 Å². The average molecular weight is 175 g/mol. The molecule has 0 saturated heterocycles. The first kappa shape index (κ1) is 10.6. The minimum atomic E-state index is 0.265. The molecule has 0 rings (SSSR count). The average Bonchev–Trinajstić information content (AvgIpc) is 1.99. The van der Waals surface area contributed by atoms with E-state index in [1.165, 1.54) is 7.05 Å². The molecule has 11 heavy (non-hydrogen) atoms. The Balaban J connectivity index is 3.81. The lowest BCUT2D eigenvalue weighted by molar-refractivity contribution is 0.104. The minimum absolute atomic E-state index is 0.265. The van der Waals surface area contributed by atoms with E-state index in [2.05, 4.69) is 13.2 Å². The van der Waals surface area contributed by atoms with Crippen LogP contribution < -0.4 is 0 Å². The van der Waals surface area contributed by atoms with Crippen molar-refractivity contribution in [2.24, 2.45) is 0 Å². The molecule has 1 unspecified atom stereocenters. The zero-order valence-electron chi connectivity index (χ0n) is 7.01. The fourth-order valence-electron chi connectivity index (χ4n) is 0.621. The van der Waals surface area contributed by atoms with Crippen LogP contribution in [0.3, 0.4) is 0 Å². The predicted molar refractivity (Wildman–Crippen MR) is 50.1 cm³/mol. The van der Waals surface area contributed by atoms with Crippen LogP contribution in [0.2, 0.25) is 0 Å². The van der Waals surface area contributed by atoms with E-state index in [-0.39, 0.29) is 5.25 Å². The van der Waals surface area contributed by atoms with Crippen molar-refractivity contribution in [2.45, 2.75) is 11.7 Å². The van der Waals surface area contributed by atoms with Gasteiger partial charge in [0, 0.05) is 24.4 Å². The highest BCUT2D eigenvalue weighted by Gasteiger charge is 2.06. The molecule has 0 aliphatic carbocycles. The van der Waals surface area contributed by atoms with Crippen LogP contribution in [0.4, 0.5) is 4.48 Å². The fourth-order valence-corrected chi connectivity index (χ4v) is 1.17. The molecule has 3 heteroatoms. The zero-order valence-corrected chi connectivity index (χ0v) is 7.83. The lowest BCUT2D eigenvalue weighted by Gasteiger charge is -2.14. The molecule has 64 valence electrons. The summed E-state index contributed by atoms with van der Waals surface area (Å²) in [6.07, 6.45) is 4.40. The van der Waals surface area contributed by atoms with Crippen LogP contribution in [-0.2, 0) is 0 Å². The summed E-state index contributed by atoms with van der Waals surface area (Å²) in [5, 5.41) is 0.813. The van der Waals surface area contributed by atoms with Crippen molar-refractivity contribution in [1.29, 1.82) is 0 Å². The topological polar surface area (TPSA) is 3.24 Å². The molecular weight excluding hydrogens is 161 g/mol. The number of allylic oxidation sites excluding steroid dienone is 1. The molecule has 0 bridgehead atoms. The van der Waals surface area contributed by atoms with Gasteiger partial charge in [0.2, 0.25) is 0 Å². The quantitative estimate of drug-likeness (QED) is 0.467. The van der Waals surface area contributed by atoms with Crippen LogP contribution in [0.15, 0.2) is 24.9 Å². The van der Waals surface area contributed by atoms with Gasteiger partial charge >= 0.3 is 0 Å². The number of rotatable bonds is 5. The van der Waals surface area contributed by atoms with Crippen molar-refractivity contribution in [3.63, 3.8) is 0 Å². The second-order valence-corrected chi connectivity index (χ2v) is 3.33. The van der Waals surface area contributed by atoms with Crippen LogP contribution in [0.1, 0.15) is 6.42 Å². The highest BCUT2D eigenvalue weighted by molar-refractivity contribution is 7.99. The fraction of sp³-hybridized carbons (Fsp3) is 0.500. The van der Waals surface area contributed by atoms with Gasteiger partial charge in [0.05, 0.1) is 0 Å². The van der Waals surface area contributed by atoms with Crippen molar-refractivity contribution in [3.05, 3.63) is 24.9 Å². The summed E-state index contributed by atoms with van der Waals surface area (Å²) in [7, 11) is 1.35. The lowest BCUT2D eigenvalue weighted by Crippen LogP contribution is -2.09. The number of thioether (sulfide) groups is 1. The molecule has 0 aromatic carbocycles. The summed E-state index contributed by atoms with van der Waals surface area (Å²) in [5.41, 5.74) is 0.490. The highest BCUT2D eigenvalue weighted by atomic mass is 32.2. The Morgan fingerprint density at radius 1 is 1.82 bits per heavy atom. The van der Waals surface area contributed by atoms with Gasteiger partial charge in [-0.1, -0.05) is 12.7 Å². The van der Waals surface area contributed by atoms with E-state index < -0.39 is 0 Å². The molecule has 0 N–H and O–H groups in total. The van der Waals surface area contributed by atoms with Gasteiger partial charge in [-0.3, -0.25) is 0 Å². The molecule has 0 amide bonds. The molecule has 0 fully saturated rings. The Morgan fingerprint density at radius 3 is 2.64 bits per heavy atom. The summed E-state index contributed by atoms with van der Waals surface area (Å²) in [4.78, 5) is 0. The monoisotopic (exact) mass is 175 g/mol. The second-order valence-electron chi connectivity index (χ2n) is 2.26. The number of halogens is 1. The number of hydrogen-bond donors (Lipinski definition) is 0. The van der Waals surface area contributed by atoms with Crippen molar-refractivity contribution >= 4 is 11.8 Å². The SMILES string of the molecule is C=CC(CC(=C)N(C)F)SC. The smallest absolute Gasteiger partial charge is 0.0400 e. The molecule has 0 aliphatic heterocycles. The maximum atomic E-state index is 12.4. The van der Waals surface area contributed by atoms with Gasteiger partial charge in [0.1, 0.15) is 0 Å². The van der Waals surface area contributed by atoms with Crippen LogP contribution in [0.5, 0.6) is 0 Å². The van der Waals surface area contributed by atoms with Gasteiger partial charge in [-0.05, 0) is 6.26 Å². The van der Waals surface area contributed by atoms with Crippen LogP contribution in [0, 0.1) is 0 Å². The summed E-state index contributed by atoms with van der Waals surface area (Å²) in [5.74, 6) is 0. The van der Waals surface area contributed by atoms with Gasteiger partial charge in [0.25, 0.3) is 0 Å². The highest BCUT2D eigenvalue weighted by Crippen LogP contribution is 2.17. The van der Waals surface area contributed by atoms with Gasteiger partial charge in [-0.2, -0.15) is 11.8 Å². The van der Waals surface area contributed by atoms with E-state index in [4.69, 9.17) is 0 Å². The maximum Gasteiger partial charge on any atom is 0.0400 e. The Morgan fingerprint density at radius 2 is 2.36 bits per heavy atom. The third-order valence-corrected chi connectivity index (χ3v) is 2.40. The van der Waals surface area contributed by atoms with Crippen molar-refractivity contribution in [2.75, 3.05) is 13.3 Å². The summed E-state index contributed by atoms with van der Waals surface area (Å²) >= 11 is 1.64. The first-order valence-corrected chi connectivity index (χ1v) is 4.63. The van der Waals surface area contributed by atoms with E-state index in [1.54, 1.807) is 17.8 Å². The zero-order chi connectivity index (χ0) is 8.85. The third kappa shape index (κ3) is 4.09. The lowest BCUT2D eigenvalue weighted by atomic mass is 10.2. The molecular formula is C8H14FNS. The molecule has 1 nitrogen and oxygen atoms in total. The summed E-state index contributed by atoms with van der Waals surface area (Å²) in [6, 6.07) is 0. The van der Waals surface area contributed by atoms with E-state index >= 15 is 0 Å². The van der Waals surface area contributed by atoms with Crippen molar-refractivity contribution in [3.8, 4) is 0 Å². The Hall–Kier alpha value is -0.440. The van der Waals surface area contributed by atoms with Crippen LogP contribution >= 0.6 is 11.8 Å². The molecule has 1 atom stereocenters. The first-order chi connectivity index (χ1) is 5.11. The second kappa shape index (κ2) is 5.24.